The van der Waals surface area contributed by atoms with Crippen molar-refractivity contribution >= 4 is 21.6 Å². The molecule has 0 heterocycles. The molecule has 1 aromatic rings. The highest BCUT2D eigenvalue weighted by Gasteiger charge is 2.17. The monoisotopic (exact) mass is 339 g/mol. The lowest BCUT2D eigenvalue weighted by molar-refractivity contribution is -0.385. The van der Waals surface area contributed by atoms with E-state index in [1.807, 2.05) is 6.07 Å². The third-order valence-corrected chi connectivity index (χ3v) is 3.73. The molecule has 6 heteroatoms. The topological polar surface area (TPSA) is 70.2 Å². The van der Waals surface area contributed by atoms with E-state index < -0.39 is 4.92 Å². The Morgan fingerprint density at radius 3 is 2.75 bits per heavy atom. The highest BCUT2D eigenvalue weighted by atomic mass is 79.9. The first kappa shape index (κ1) is 16.6. The molecule has 0 aliphatic rings. The molecule has 1 rings (SSSR count). The van der Waals surface area contributed by atoms with Gasteiger partial charge in [0.2, 0.25) is 0 Å². The molecule has 0 saturated carbocycles. The van der Waals surface area contributed by atoms with E-state index in [-0.39, 0.29) is 5.69 Å². The third-order valence-electron chi connectivity index (χ3n) is 2.81. The first-order valence-electron chi connectivity index (χ1n) is 6.46. The van der Waals surface area contributed by atoms with Crippen LogP contribution in [0.2, 0.25) is 0 Å². The minimum absolute atomic E-state index is 0.0762. The van der Waals surface area contributed by atoms with Gasteiger partial charge in [0.05, 0.1) is 15.5 Å². The number of nitriles is 1. The Balaban J connectivity index is 2.90. The van der Waals surface area contributed by atoms with E-state index in [0.717, 1.165) is 12.1 Å². The number of nitro groups is 1. The van der Waals surface area contributed by atoms with Crippen molar-refractivity contribution in [3.8, 4) is 6.07 Å². The van der Waals surface area contributed by atoms with Gasteiger partial charge in [-0.2, -0.15) is 5.26 Å². The summed E-state index contributed by atoms with van der Waals surface area (Å²) in [6.07, 6.45) is 0.458. The zero-order valence-electron chi connectivity index (χ0n) is 11.7. The molecule has 0 radical (unpaired) electrons. The van der Waals surface area contributed by atoms with Crippen molar-refractivity contribution in [2.75, 3.05) is 13.1 Å². The standard InChI is InChI=1S/C14H18BrN3O2/c1-11(2)9-17(8-4-7-16)10-12-5-3-6-13(14(12)15)18(19)20/h3,5-6,11H,4,8-10H2,1-2H3. The number of nitro benzene ring substituents is 1. The van der Waals surface area contributed by atoms with Gasteiger partial charge in [0.15, 0.2) is 0 Å². The van der Waals surface area contributed by atoms with Gasteiger partial charge in [-0.1, -0.05) is 26.0 Å². The van der Waals surface area contributed by atoms with Crippen molar-refractivity contribution < 1.29 is 4.92 Å². The number of nitrogens with zero attached hydrogens (tertiary/aromatic N) is 3. The number of hydrogen-bond donors (Lipinski definition) is 0. The molecular weight excluding hydrogens is 322 g/mol. The smallest absolute Gasteiger partial charge is 0.283 e. The Morgan fingerprint density at radius 1 is 1.50 bits per heavy atom. The van der Waals surface area contributed by atoms with E-state index in [1.165, 1.54) is 6.07 Å². The van der Waals surface area contributed by atoms with Crippen LogP contribution in [0.15, 0.2) is 22.7 Å². The van der Waals surface area contributed by atoms with Crippen LogP contribution in [0.25, 0.3) is 0 Å². The maximum absolute atomic E-state index is 10.9. The van der Waals surface area contributed by atoms with Crippen LogP contribution in [-0.4, -0.2) is 22.9 Å². The molecule has 1 aromatic carbocycles. The summed E-state index contributed by atoms with van der Waals surface area (Å²) >= 11 is 3.31. The minimum atomic E-state index is -0.393. The summed E-state index contributed by atoms with van der Waals surface area (Å²) in [4.78, 5) is 12.7. The fraction of sp³-hybridized carbons (Fsp3) is 0.500. The van der Waals surface area contributed by atoms with Crippen LogP contribution in [0.4, 0.5) is 5.69 Å². The van der Waals surface area contributed by atoms with Crippen LogP contribution >= 0.6 is 15.9 Å². The Morgan fingerprint density at radius 2 is 2.20 bits per heavy atom. The summed E-state index contributed by atoms with van der Waals surface area (Å²) in [6.45, 7) is 6.35. The average molecular weight is 340 g/mol. The lowest BCUT2D eigenvalue weighted by atomic mass is 10.1. The lowest BCUT2D eigenvalue weighted by Crippen LogP contribution is -2.28. The highest BCUT2D eigenvalue weighted by Crippen LogP contribution is 2.29. The zero-order chi connectivity index (χ0) is 15.1. The molecule has 20 heavy (non-hydrogen) atoms. The number of hydrogen-bond acceptors (Lipinski definition) is 4. The quantitative estimate of drug-likeness (QED) is 0.560. The van der Waals surface area contributed by atoms with Crippen molar-refractivity contribution in [2.24, 2.45) is 5.92 Å². The van der Waals surface area contributed by atoms with Crippen molar-refractivity contribution in [2.45, 2.75) is 26.8 Å². The average Bonchev–Trinajstić information content (AvgIpc) is 2.37. The summed E-state index contributed by atoms with van der Waals surface area (Å²) < 4.78 is 0.524. The first-order valence-corrected chi connectivity index (χ1v) is 7.26. The molecule has 0 aliphatic carbocycles. The van der Waals surface area contributed by atoms with Crippen LogP contribution < -0.4 is 0 Å². The molecule has 0 saturated heterocycles. The van der Waals surface area contributed by atoms with Gasteiger partial charge < -0.3 is 0 Å². The lowest BCUT2D eigenvalue weighted by Gasteiger charge is -2.23. The van der Waals surface area contributed by atoms with Gasteiger partial charge in [-0.15, -0.1) is 0 Å². The largest absolute Gasteiger partial charge is 0.298 e. The minimum Gasteiger partial charge on any atom is -0.298 e. The van der Waals surface area contributed by atoms with Crippen molar-refractivity contribution in [3.63, 3.8) is 0 Å². The Hall–Kier alpha value is -1.45. The van der Waals surface area contributed by atoms with Crippen LogP contribution in [0.5, 0.6) is 0 Å². The Kier molecular flexibility index (Phi) is 6.62. The van der Waals surface area contributed by atoms with E-state index in [2.05, 4.69) is 40.7 Å². The van der Waals surface area contributed by atoms with E-state index in [4.69, 9.17) is 5.26 Å². The Labute approximate surface area is 127 Å². The fourth-order valence-electron chi connectivity index (χ4n) is 2.03. The zero-order valence-corrected chi connectivity index (χ0v) is 13.3. The molecule has 0 unspecified atom stereocenters. The Bertz CT molecular complexity index is 512. The van der Waals surface area contributed by atoms with Gasteiger partial charge in [0.25, 0.3) is 5.69 Å². The number of rotatable bonds is 7. The van der Waals surface area contributed by atoms with Gasteiger partial charge in [-0.05, 0) is 27.4 Å². The fourth-order valence-corrected chi connectivity index (χ4v) is 2.56. The predicted octanol–water partition coefficient (Wildman–Crippen LogP) is 3.73. The van der Waals surface area contributed by atoms with Crippen LogP contribution in [-0.2, 0) is 6.54 Å². The molecule has 0 spiro atoms. The van der Waals surface area contributed by atoms with Gasteiger partial charge in [0, 0.05) is 32.1 Å². The molecular formula is C14H18BrN3O2. The van der Waals surface area contributed by atoms with Crippen LogP contribution in [0.3, 0.4) is 0 Å². The van der Waals surface area contributed by atoms with Crippen LogP contribution in [0.1, 0.15) is 25.8 Å². The van der Waals surface area contributed by atoms with E-state index in [1.54, 1.807) is 6.07 Å². The highest BCUT2D eigenvalue weighted by molar-refractivity contribution is 9.10. The second kappa shape index (κ2) is 7.98. The molecule has 0 fully saturated rings. The SMILES string of the molecule is CC(C)CN(CCC#N)Cc1cccc([N+](=O)[O-])c1Br. The third kappa shape index (κ3) is 4.91. The molecule has 5 nitrogen and oxygen atoms in total. The van der Waals surface area contributed by atoms with Gasteiger partial charge in [0.1, 0.15) is 0 Å². The maximum atomic E-state index is 10.9. The summed E-state index contributed by atoms with van der Waals surface area (Å²) in [5, 5.41) is 19.6. The molecule has 108 valence electrons. The number of benzene rings is 1. The van der Waals surface area contributed by atoms with E-state index >= 15 is 0 Å². The van der Waals surface area contributed by atoms with Crippen molar-refractivity contribution in [3.05, 3.63) is 38.3 Å². The molecule has 0 aromatic heterocycles. The molecule has 0 N–H and O–H groups in total. The predicted molar refractivity (Wildman–Crippen MR) is 81.1 cm³/mol. The van der Waals surface area contributed by atoms with E-state index in [9.17, 15) is 10.1 Å². The van der Waals surface area contributed by atoms with Crippen molar-refractivity contribution in [1.29, 1.82) is 5.26 Å². The molecule has 0 bridgehead atoms. The molecule has 0 amide bonds. The summed E-state index contributed by atoms with van der Waals surface area (Å²) in [5.41, 5.74) is 0.949. The van der Waals surface area contributed by atoms with E-state index in [0.29, 0.717) is 29.9 Å². The number of halogens is 1. The van der Waals surface area contributed by atoms with Gasteiger partial charge in [-0.25, -0.2) is 0 Å². The normalized spacial score (nSPS) is 10.8. The molecule has 0 atom stereocenters. The second-order valence-corrected chi connectivity index (χ2v) is 5.84. The van der Waals surface area contributed by atoms with Gasteiger partial charge >= 0.3 is 0 Å². The molecule has 0 aliphatic heterocycles. The first-order chi connectivity index (χ1) is 9.45. The summed E-state index contributed by atoms with van der Waals surface area (Å²) in [6, 6.07) is 7.18. The van der Waals surface area contributed by atoms with Crippen LogP contribution in [0, 0.1) is 27.4 Å². The summed E-state index contributed by atoms with van der Waals surface area (Å²) in [5.74, 6) is 0.478. The van der Waals surface area contributed by atoms with Gasteiger partial charge in [-0.3, -0.25) is 15.0 Å². The maximum Gasteiger partial charge on any atom is 0.283 e. The second-order valence-electron chi connectivity index (χ2n) is 5.04. The summed E-state index contributed by atoms with van der Waals surface area (Å²) in [7, 11) is 0. The van der Waals surface area contributed by atoms with Crippen molar-refractivity contribution in [1.82, 2.24) is 4.90 Å².